The van der Waals surface area contributed by atoms with Crippen LogP contribution < -0.4 is 5.73 Å². The molecular formula is C16H29NO. The van der Waals surface area contributed by atoms with Crippen LogP contribution in [-0.4, -0.2) is 17.7 Å². The van der Waals surface area contributed by atoms with Crippen molar-refractivity contribution in [3.8, 4) is 0 Å². The Labute approximate surface area is 112 Å². The van der Waals surface area contributed by atoms with E-state index >= 15 is 0 Å². The van der Waals surface area contributed by atoms with Gasteiger partial charge < -0.3 is 10.5 Å². The lowest BCUT2D eigenvalue weighted by Crippen LogP contribution is -2.51. The molecule has 2 heteroatoms. The molecule has 1 aliphatic heterocycles. The molecule has 2 saturated carbocycles. The van der Waals surface area contributed by atoms with Crippen molar-refractivity contribution in [2.45, 2.75) is 82.8 Å². The van der Waals surface area contributed by atoms with Crippen molar-refractivity contribution in [1.29, 1.82) is 0 Å². The van der Waals surface area contributed by atoms with Gasteiger partial charge in [-0.25, -0.2) is 0 Å². The third-order valence-electron chi connectivity index (χ3n) is 5.90. The fourth-order valence-electron chi connectivity index (χ4n) is 4.87. The Bertz CT molecular complexity index is 319. The SMILES string of the molecule is CC1(C)CCC(N)(C2CCOC3(CCCC3)C2)C1. The first-order chi connectivity index (χ1) is 8.43. The minimum Gasteiger partial charge on any atom is -0.375 e. The minimum atomic E-state index is 0.100. The van der Waals surface area contributed by atoms with E-state index in [2.05, 4.69) is 13.8 Å². The number of rotatable bonds is 1. The van der Waals surface area contributed by atoms with Crippen LogP contribution in [0.5, 0.6) is 0 Å². The zero-order valence-electron chi connectivity index (χ0n) is 12.1. The van der Waals surface area contributed by atoms with E-state index in [1.165, 1.54) is 57.8 Å². The van der Waals surface area contributed by atoms with E-state index in [-0.39, 0.29) is 11.1 Å². The Morgan fingerprint density at radius 3 is 2.39 bits per heavy atom. The van der Waals surface area contributed by atoms with Gasteiger partial charge in [-0.05, 0) is 56.3 Å². The molecule has 2 aliphatic carbocycles. The molecule has 2 nitrogen and oxygen atoms in total. The van der Waals surface area contributed by atoms with Gasteiger partial charge in [-0.1, -0.05) is 26.7 Å². The fraction of sp³-hybridized carbons (Fsp3) is 1.00. The lowest BCUT2D eigenvalue weighted by atomic mass is 9.71. The van der Waals surface area contributed by atoms with Gasteiger partial charge in [-0.2, -0.15) is 0 Å². The predicted molar refractivity (Wildman–Crippen MR) is 74.4 cm³/mol. The van der Waals surface area contributed by atoms with E-state index in [0.29, 0.717) is 11.3 Å². The Hall–Kier alpha value is -0.0800. The second-order valence-corrected chi connectivity index (χ2v) is 8.00. The van der Waals surface area contributed by atoms with Crippen LogP contribution >= 0.6 is 0 Å². The molecule has 3 rings (SSSR count). The summed E-state index contributed by atoms with van der Waals surface area (Å²) in [5, 5.41) is 0. The summed E-state index contributed by atoms with van der Waals surface area (Å²) in [5.74, 6) is 0.700. The second kappa shape index (κ2) is 4.21. The van der Waals surface area contributed by atoms with Gasteiger partial charge in [0.15, 0.2) is 0 Å². The smallest absolute Gasteiger partial charge is 0.0685 e. The molecule has 18 heavy (non-hydrogen) atoms. The van der Waals surface area contributed by atoms with Crippen molar-refractivity contribution < 1.29 is 4.74 Å². The summed E-state index contributed by atoms with van der Waals surface area (Å²) in [5.41, 5.74) is 7.58. The highest BCUT2D eigenvalue weighted by molar-refractivity contribution is 5.05. The molecule has 1 spiro atoms. The van der Waals surface area contributed by atoms with Gasteiger partial charge in [0.2, 0.25) is 0 Å². The van der Waals surface area contributed by atoms with Crippen LogP contribution in [0, 0.1) is 11.3 Å². The minimum absolute atomic E-state index is 0.100. The summed E-state index contributed by atoms with van der Waals surface area (Å²) in [6, 6.07) is 0. The molecule has 1 heterocycles. The van der Waals surface area contributed by atoms with Crippen LogP contribution in [0.25, 0.3) is 0 Å². The summed E-state index contributed by atoms with van der Waals surface area (Å²) >= 11 is 0. The van der Waals surface area contributed by atoms with E-state index in [1.54, 1.807) is 0 Å². The molecule has 3 aliphatic rings. The Balaban J connectivity index is 1.72. The van der Waals surface area contributed by atoms with E-state index < -0.39 is 0 Å². The topological polar surface area (TPSA) is 35.2 Å². The highest BCUT2D eigenvalue weighted by atomic mass is 16.5. The summed E-state index contributed by atoms with van der Waals surface area (Å²) in [6.45, 7) is 5.71. The van der Waals surface area contributed by atoms with Crippen molar-refractivity contribution >= 4 is 0 Å². The van der Waals surface area contributed by atoms with Crippen molar-refractivity contribution in [1.82, 2.24) is 0 Å². The monoisotopic (exact) mass is 251 g/mol. The van der Waals surface area contributed by atoms with Crippen LogP contribution in [0.15, 0.2) is 0 Å². The molecule has 0 radical (unpaired) electrons. The third kappa shape index (κ3) is 2.22. The van der Waals surface area contributed by atoms with Crippen molar-refractivity contribution in [2.75, 3.05) is 6.61 Å². The van der Waals surface area contributed by atoms with E-state index in [4.69, 9.17) is 10.5 Å². The maximum absolute atomic E-state index is 6.80. The standard InChI is InChI=1S/C16H29NO/c1-14(2)8-9-16(17,12-14)13-5-10-18-15(11-13)6-3-4-7-15/h13H,3-12,17H2,1-2H3. The maximum atomic E-state index is 6.80. The van der Waals surface area contributed by atoms with Crippen LogP contribution in [0.4, 0.5) is 0 Å². The van der Waals surface area contributed by atoms with Crippen molar-refractivity contribution in [3.63, 3.8) is 0 Å². The largest absolute Gasteiger partial charge is 0.375 e. The first-order valence-electron chi connectivity index (χ1n) is 7.86. The first-order valence-corrected chi connectivity index (χ1v) is 7.86. The predicted octanol–water partition coefficient (Wildman–Crippen LogP) is 3.63. The molecule has 0 aromatic carbocycles. The zero-order chi connectivity index (χ0) is 12.9. The van der Waals surface area contributed by atoms with E-state index in [9.17, 15) is 0 Å². The molecule has 3 fully saturated rings. The number of hydrogen-bond donors (Lipinski definition) is 1. The average molecular weight is 251 g/mol. The molecular weight excluding hydrogens is 222 g/mol. The van der Waals surface area contributed by atoms with Crippen LogP contribution in [-0.2, 0) is 4.74 Å². The quantitative estimate of drug-likeness (QED) is 0.772. The Morgan fingerprint density at radius 1 is 1.06 bits per heavy atom. The molecule has 0 aromatic heterocycles. The Kier molecular flexibility index (Phi) is 3.02. The number of nitrogens with two attached hydrogens (primary N) is 1. The van der Waals surface area contributed by atoms with Crippen molar-refractivity contribution in [2.24, 2.45) is 17.1 Å². The highest BCUT2D eigenvalue weighted by Crippen LogP contribution is 2.51. The number of ether oxygens (including phenoxy) is 1. The van der Waals surface area contributed by atoms with Gasteiger partial charge >= 0.3 is 0 Å². The molecule has 2 atom stereocenters. The lowest BCUT2D eigenvalue weighted by molar-refractivity contribution is -0.105. The van der Waals surface area contributed by atoms with Gasteiger partial charge in [0.25, 0.3) is 0 Å². The van der Waals surface area contributed by atoms with Gasteiger partial charge in [-0.15, -0.1) is 0 Å². The zero-order valence-corrected chi connectivity index (χ0v) is 12.1. The average Bonchev–Trinajstić information content (AvgIpc) is 2.85. The second-order valence-electron chi connectivity index (χ2n) is 8.00. The van der Waals surface area contributed by atoms with Crippen LogP contribution in [0.3, 0.4) is 0 Å². The molecule has 104 valence electrons. The molecule has 0 amide bonds. The van der Waals surface area contributed by atoms with Gasteiger partial charge in [0.1, 0.15) is 0 Å². The van der Waals surface area contributed by atoms with Gasteiger partial charge in [0.05, 0.1) is 5.60 Å². The normalized spacial score (nSPS) is 42.5. The van der Waals surface area contributed by atoms with Gasteiger partial charge in [0, 0.05) is 12.1 Å². The van der Waals surface area contributed by atoms with Gasteiger partial charge in [-0.3, -0.25) is 0 Å². The third-order valence-corrected chi connectivity index (χ3v) is 5.90. The Morgan fingerprint density at radius 2 is 1.78 bits per heavy atom. The summed E-state index contributed by atoms with van der Waals surface area (Å²) < 4.78 is 6.16. The summed E-state index contributed by atoms with van der Waals surface area (Å²) in [6.07, 6.45) is 11.4. The summed E-state index contributed by atoms with van der Waals surface area (Å²) in [7, 11) is 0. The van der Waals surface area contributed by atoms with Crippen LogP contribution in [0.2, 0.25) is 0 Å². The first kappa shape index (κ1) is 12.9. The molecule has 2 unspecified atom stereocenters. The fourth-order valence-corrected chi connectivity index (χ4v) is 4.87. The molecule has 1 saturated heterocycles. The van der Waals surface area contributed by atoms with E-state index in [0.717, 1.165) is 6.61 Å². The van der Waals surface area contributed by atoms with Crippen molar-refractivity contribution in [3.05, 3.63) is 0 Å². The van der Waals surface area contributed by atoms with E-state index in [1.807, 2.05) is 0 Å². The van der Waals surface area contributed by atoms with Crippen LogP contribution in [0.1, 0.15) is 71.6 Å². The number of hydrogen-bond acceptors (Lipinski definition) is 2. The molecule has 0 aromatic rings. The molecule has 0 bridgehead atoms. The highest BCUT2D eigenvalue weighted by Gasteiger charge is 2.50. The lowest BCUT2D eigenvalue weighted by Gasteiger charge is -2.45. The maximum Gasteiger partial charge on any atom is 0.0685 e. The summed E-state index contributed by atoms with van der Waals surface area (Å²) in [4.78, 5) is 0. The molecule has 2 N–H and O–H groups in total.